The molecule has 96 valence electrons. The lowest BCUT2D eigenvalue weighted by Crippen LogP contribution is -2.40. The van der Waals surface area contributed by atoms with Gasteiger partial charge in [0.05, 0.1) is 5.69 Å². The largest absolute Gasteiger partial charge is 0.359 e. The fourth-order valence-corrected chi connectivity index (χ4v) is 4.31. The fourth-order valence-electron chi connectivity index (χ4n) is 3.54. The highest BCUT2D eigenvalue weighted by Gasteiger charge is 2.38. The minimum atomic E-state index is 0.436. The number of hydrogen-bond acceptors (Lipinski definition) is 3. The van der Waals surface area contributed by atoms with Crippen LogP contribution in [0.25, 0.3) is 0 Å². The average molecular weight is 252 g/mol. The molecule has 0 radical (unpaired) electrons. The second kappa shape index (κ2) is 4.27. The lowest BCUT2D eigenvalue weighted by atomic mass is 9.63. The van der Waals surface area contributed by atoms with E-state index in [4.69, 9.17) is 0 Å². The molecule has 0 spiro atoms. The number of thiazole rings is 1. The summed E-state index contributed by atoms with van der Waals surface area (Å²) in [7, 11) is 0. The quantitative estimate of drug-likeness (QED) is 0.840. The summed E-state index contributed by atoms with van der Waals surface area (Å²) in [6.07, 6.45) is 3.80. The molecule has 0 bridgehead atoms. The van der Waals surface area contributed by atoms with Gasteiger partial charge in [-0.1, -0.05) is 27.7 Å². The summed E-state index contributed by atoms with van der Waals surface area (Å²) in [6, 6.07) is 0.569. The summed E-state index contributed by atoms with van der Waals surface area (Å²) >= 11 is 1.72. The molecule has 0 saturated heterocycles. The predicted octanol–water partition coefficient (Wildman–Crippen LogP) is 4.47. The lowest BCUT2D eigenvalue weighted by molar-refractivity contribution is 0.105. The third kappa shape index (κ3) is 3.44. The number of hydrogen-bond donors (Lipinski definition) is 1. The monoisotopic (exact) mass is 252 g/mol. The van der Waals surface area contributed by atoms with Gasteiger partial charge < -0.3 is 5.32 Å². The summed E-state index contributed by atoms with van der Waals surface area (Å²) in [4.78, 5) is 4.51. The number of aryl methyl sites for hydroxylation is 1. The second-order valence-corrected chi connectivity index (χ2v) is 7.91. The van der Waals surface area contributed by atoms with E-state index in [0.29, 0.717) is 16.9 Å². The highest BCUT2D eigenvalue weighted by atomic mass is 32.1. The summed E-state index contributed by atoms with van der Waals surface area (Å²) in [5.74, 6) is 0. The normalized spacial score (nSPS) is 23.6. The van der Waals surface area contributed by atoms with Crippen molar-refractivity contribution in [3.63, 3.8) is 0 Å². The lowest BCUT2D eigenvalue weighted by Gasteiger charge is -2.45. The summed E-state index contributed by atoms with van der Waals surface area (Å²) in [5.41, 5.74) is 1.99. The maximum atomic E-state index is 4.51. The Hall–Kier alpha value is -0.570. The van der Waals surface area contributed by atoms with E-state index >= 15 is 0 Å². The number of nitrogens with zero attached hydrogens (tertiary/aromatic N) is 1. The third-order valence-electron chi connectivity index (χ3n) is 3.50. The zero-order valence-corrected chi connectivity index (χ0v) is 12.4. The molecule has 0 aliphatic heterocycles. The number of rotatable bonds is 2. The molecule has 3 heteroatoms. The molecule has 1 aromatic heterocycles. The van der Waals surface area contributed by atoms with Crippen molar-refractivity contribution in [1.82, 2.24) is 4.98 Å². The molecule has 1 aliphatic carbocycles. The van der Waals surface area contributed by atoms with Crippen molar-refractivity contribution in [2.24, 2.45) is 10.8 Å². The topological polar surface area (TPSA) is 24.9 Å². The van der Waals surface area contributed by atoms with Crippen LogP contribution < -0.4 is 5.32 Å². The van der Waals surface area contributed by atoms with E-state index in [1.54, 1.807) is 11.3 Å². The predicted molar refractivity (Wildman–Crippen MR) is 75.7 cm³/mol. The number of aromatic nitrogens is 1. The van der Waals surface area contributed by atoms with Gasteiger partial charge in [-0.05, 0) is 37.0 Å². The van der Waals surface area contributed by atoms with Crippen LogP contribution in [0.4, 0.5) is 5.13 Å². The molecule has 0 amide bonds. The molecule has 0 unspecified atom stereocenters. The molecule has 0 aromatic carbocycles. The Morgan fingerprint density at radius 1 is 1.24 bits per heavy atom. The molecule has 0 atom stereocenters. The Kier molecular flexibility index (Phi) is 3.23. The second-order valence-electron chi connectivity index (χ2n) is 7.05. The molecule has 1 aliphatic rings. The van der Waals surface area contributed by atoms with E-state index in [-0.39, 0.29) is 0 Å². The van der Waals surface area contributed by atoms with Crippen LogP contribution in [0.15, 0.2) is 5.38 Å². The third-order valence-corrected chi connectivity index (χ3v) is 4.39. The van der Waals surface area contributed by atoms with Gasteiger partial charge in [-0.25, -0.2) is 4.98 Å². The van der Waals surface area contributed by atoms with Crippen molar-refractivity contribution < 1.29 is 0 Å². The summed E-state index contributed by atoms with van der Waals surface area (Å²) in [5, 5.41) is 6.82. The van der Waals surface area contributed by atoms with E-state index in [0.717, 1.165) is 10.8 Å². The van der Waals surface area contributed by atoms with Crippen molar-refractivity contribution in [2.75, 3.05) is 5.32 Å². The molecule has 1 fully saturated rings. The zero-order chi connectivity index (χ0) is 12.7. The molecule has 1 saturated carbocycles. The van der Waals surface area contributed by atoms with Gasteiger partial charge in [0.2, 0.25) is 0 Å². The van der Waals surface area contributed by atoms with Crippen LogP contribution >= 0.6 is 11.3 Å². The standard InChI is InChI=1S/C14H24N2S/c1-10-8-17-12(15-10)16-11-6-13(2,3)9-14(4,5)7-11/h8,11H,6-7,9H2,1-5H3,(H,15,16). The van der Waals surface area contributed by atoms with Gasteiger partial charge in [-0.15, -0.1) is 11.3 Å². The molecule has 1 aromatic rings. The highest BCUT2D eigenvalue weighted by molar-refractivity contribution is 7.13. The maximum absolute atomic E-state index is 4.51. The first-order valence-electron chi connectivity index (χ1n) is 6.45. The van der Waals surface area contributed by atoms with Crippen molar-refractivity contribution in [3.05, 3.63) is 11.1 Å². The summed E-state index contributed by atoms with van der Waals surface area (Å²) < 4.78 is 0. The summed E-state index contributed by atoms with van der Waals surface area (Å²) in [6.45, 7) is 11.6. The Labute approximate surface area is 109 Å². The number of nitrogens with one attached hydrogen (secondary N) is 1. The SMILES string of the molecule is Cc1csc(NC2CC(C)(C)CC(C)(C)C2)n1. The maximum Gasteiger partial charge on any atom is 0.183 e. The van der Waals surface area contributed by atoms with Gasteiger partial charge in [0, 0.05) is 11.4 Å². The highest BCUT2D eigenvalue weighted by Crippen LogP contribution is 2.46. The minimum Gasteiger partial charge on any atom is -0.359 e. The van der Waals surface area contributed by atoms with Crippen LogP contribution in [0, 0.1) is 17.8 Å². The van der Waals surface area contributed by atoms with E-state index in [1.807, 2.05) is 0 Å². The van der Waals surface area contributed by atoms with Crippen LogP contribution in [0.2, 0.25) is 0 Å². The fraction of sp³-hybridized carbons (Fsp3) is 0.786. The van der Waals surface area contributed by atoms with Gasteiger partial charge in [0.15, 0.2) is 5.13 Å². The Bertz CT molecular complexity index is 377. The van der Waals surface area contributed by atoms with Crippen LogP contribution in [0.1, 0.15) is 52.7 Å². The first-order valence-corrected chi connectivity index (χ1v) is 7.32. The Morgan fingerprint density at radius 2 is 1.82 bits per heavy atom. The van der Waals surface area contributed by atoms with Crippen LogP contribution in [0.5, 0.6) is 0 Å². The van der Waals surface area contributed by atoms with E-state index in [9.17, 15) is 0 Å². The molecular formula is C14H24N2S. The first kappa shape index (κ1) is 12.9. The Morgan fingerprint density at radius 3 is 2.29 bits per heavy atom. The van der Waals surface area contributed by atoms with Gasteiger partial charge in [0.25, 0.3) is 0 Å². The van der Waals surface area contributed by atoms with Crippen LogP contribution in [0.3, 0.4) is 0 Å². The average Bonchev–Trinajstić information content (AvgIpc) is 2.44. The van der Waals surface area contributed by atoms with Gasteiger partial charge in [-0.2, -0.15) is 0 Å². The first-order chi connectivity index (χ1) is 7.76. The molecule has 1 heterocycles. The molecule has 2 rings (SSSR count). The van der Waals surface area contributed by atoms with Gasteiger partial charge >= 0.3 is 0 Å². The van der Waals surface area contributed by atoms with Crippen molar-refractivity contribution in [2.45, 2.75) is 59.9 Å². The number of anilines is 1. The molecular weight excluding hydrogens is 228 g/mol. The van der Waals surface area contributed by atoms with Crippen LogP contribution in [-0.4, -0.2) is 11.0 Å². The van der Waals surface area contributed by atoms with Crippen molar-refractivity contribution in [1.29, 1.82) is 0 Å². The smallest absolute Gasteiger partial charge is 0.183 e. The molecule has 17 heavy (non-hydrogen) atoms. The van der Waals surface area contributed by atoms with Crippen LogP contribution in [-0.2, 0) is 0 Å². The van der Waals surface area contributed by atoms with E-state index < -0.39 is 0 Å². The zero-order valence-electron chi connectivity index (χ0n) is 11.6. The van der Waals surface area contributed by atoms with Gasteiger partial charge in [-0.3, -0.25) is 0 Å². The Balaban J connectivity index is 2.06. The van der Waals surface area contributed by atoms with Crippen molar-refractivity contribution >= 4 is 16.5 Å². The minimum absolute atomic E-state index is 0.436. The van der Waals surface area contributed by atoms with Crippen molar-refractivity contribution in [3.8, 4) is 0 Å². The molecule has 1 N–H and O–H groups in total. The molecule has 2 nitrogen and oxygen atoms in total. The van der Waals surface area contributed by atoms with E-state index in [1.165, 1.54) is 19.3 Å². The van der Waals surface area contributed by atoms with E-state index in [2.05, 4.69) is 50.3 Å². The van der Waals surface area contributed by atoms with Gasteiger partial charge in [0.1, 0.15) is 0 Å².